The standard InChI is InChI=1S/C24H31NO4/c1-3-5-16-25(23(27)20-10-8-7-9-11-20)22(24(28)29-17-6-4-2)18-19-12-14-21(26)15-13-19/h7-15,22,26H,3-6,16-18H2,1-2H3. The van der Waals surface area contributed by atoms with Crippen LogP contribution in [0.1, 0.15) is 55.5 Å². The molecule has 0 aliphatic heterocycles. The Morgan fingerprint density at radius 1 is 0.966 bits per heavy atom. The van der Waals surface area contributed by atoms with Crippen LogP contribution in [0, 0.1) is 0 Å². The third-order valence-electron chi connectivity index (χ3n) is 4.79. The van der Waals surface area contributed by atoms with Crippen LogP contribution < -0.4 is 0 Å². The first-order chi connectivity index (χ1) is 14.1. The van der Waals surface area contributed by atoms with Crippen molar-refractivity contribution in [3.05, 3.63) is 65.7 Å². The highest BCUT2D eigenvalue weighted by molar-refractivity contribution is 5.96. The number of phenols is 1. The van der Waals surface area contributed by atoms with Gasteiger partial charge in [-0.3, -0.25) is 4.79 Å². The predicted octanol–water partition coefficient (Wildman–Crippen LogP) is 4.59. The van der Waals surface area contributed by atoms with Crippen molar-refractivity contribution in [2.75, 3.05) is 13.2 Å². The molecular weight excluding hydrogens is 366 g/mol. The lowest BCUT2D eigenvalue weighted by atomic mass is 10.0. The monoisotopic (exact) mass is 397 g/mol. The maximum absolute atomic E-state index is 13.2. The molecule has 0 saturated carbocycles. The first kappa shape index (κ1) is 22.5. The summed E-state index contributed by atoms with van der Waals surface area (Å²) in [6.07, 6.45) is 3.77. The number of unbranched alkanes of at least 4 members (excludes halogenated alkanes) is 2. The van der Waals surface area contributed by atoms with Crippen LogP contribution in [0.3, 0.4) is 0 Å². The van der Waals surface area contributed by atoms with E-state index in [1.807, 2.05) is 25.1 Å². The third-order valence-corrected chi connectivity index (χ3v) is 4.79. The van der Waals surface area contributed by atoms with Gasteiger partial charge in [-0.1, -0.05) is 57.0 Å². The minimum Gasteiger partial charge on any atom is -0.508 e. The Kier molecular flexibility index (Phi) is 9.22. The largest absolute Gasteiger partial charge is 0.508 e. The van der Waals surface area contributed by atoms with E-state index in [2.05, 4.69) is 6.92 Å². The maximum Gasteiger partial charge on any atom is 0.329 e. The van der Waals surface area contributed by atoms with Crippen molar-refractivity contribution in [2.24, 2.45) is 0 Å². The van der Waals surface area contributed by atoms with Crippen molar-refractivity contribution in [3.63, 3.8) is 0 Å². The van der Waals surface area contributed by atoms with Gasteiger partial charge in [-0.15, -0.1) is 0 Å². The Morgan fingerprint density at radius 3 is 2.24 bits per heavy atom. The van der Waals surface area contributed by atoms with Crippen LogP contribution in [0.25, 0.3) is 0 Å². The van der Waals surface area contributed by atoms with Gasteiger partial charge < -0.3 is 14.7 Å². The number of benzene rings is 2. The van der Waals surface area contributed by atoms with Gasteiger partial charge in [0.1, 0.15) is 11.8 Å². The average Bonchev–Trinajstić information content (AvgIpc) is 2.75. The number of nitrogens with zero attached hydrogens (tertiary/aromatic N) is 1. The lowest BCUT2D eigenvalue weighted by Crippen LogP contribution is -2.47. The zero-order valence-corrected chi connectivity index (χ0v) is 17.3. The lowest BCUT2D eigenvalue weighted by molar-refractivity contribution is -0.149. The third kappa shape index (κ3) is 6.93. The van der Waals surface area contributed by atoms with Crippen molar-refractivity contribution in [1.82, 2.24) is 4.90 Å². The van der Waals surface area contributed by atoms with Gasteiger partial charge in [0.15, 0.2) is 0 Å². The summed E-state index contributed by atoms with van der Waals surface area (Å²) in [6, 6.07) is 15.0. The highest BCUT2D eigenvalue weighted by Crippen LogP contribution is 2.18. The number of ether oxygens (including phenoxy) is 1. The summed E-state index contributed by atoms with van der Waals surface area (Å²) in [5, 5.41) is 9.55. The molecule has 5 heteroatoms. The molecular formula is C24H31NO4. The van der Waals surface area contributed by atoms with Crippen LogP contribution >= 0.6 is 0 Å². The SMILES string of the molecule is CCCCOC(=O)C(Cc1ccc(O)cc1)N(CCCC)C(=O)c1ccccc1. The molecule has 0 aromatic heterocycles. The van der Waals surface area contributed by atoms with E-state index in [0.29, 0.717) is 25.1 Å². The van der Waals surface area contributed by atoms with E-state index in [4.69, 9.17) is 4.74 Å². The van der Waals surface area contributed by atoms with Crippen molar-refractivity contribution in [3.8, 4) is 5.75 Å². The molecule has 0 aliphatic rings. The van der Waals surface area contributed by atoms with Gasteiger partial charge >= 0.3 is 5.97 Å². The fraction of sp³-hybridized carbons (Fsp3) is 0.417. The number of phenolic OH excluding ortho intramolecular Hbond substituents is 1. The van der Waals surface area contributed by atoms with Crippen LogP contribution in [0.2, 0.25) is 0 Å². The Balaban J connectivity index is 2.31. The van der Waals surface area contributed by atoms with E-state index in [0.717, 1.165) is 31.2 Å². The van der Waals surface area contributed by atoms with E-state index >= 15 is 0 Å². The number of amides is 1. The van der Waals surface area contributed by atoms with Gasteiger partial charge in [-0.2, -0.15) is 0 Å². The number of rotatable bonds is 11. The Hall–Kier alpha value is -2.82. The first-order valence-electron chi connectivity index (χ1n) is 10.4. The maximum atomic E-state index is 13.2. The Bertz CT molecular complexity index is 758. The Morgan fingerprint density at radius 2 is 1.62 bits per heavy atom. The van der Waals surface area contributed by atoms with E-state index < -0.39 is 6.04 Å². The normalized spacial score (nSPS) is 11.7. The molecule has 0 saturated heterocycles. The summed E-state index contributed by atoms with van der Waals surface area (Å²) in [4.78, 5) is 27.9. The van der Waals surface area contributed by atoms with E-state index in [1.54, 1.807) is 41.3 Å². The molecule has 1 atom stereocenters. The average molecular weight is 398 g/mol. The number of hydrogen-bond acceptors (Lipinski definition) is 4. The fourth-order valence-corrected chi connectivity index (χ4v) is 3.06. The number of hydrogen-bond donors (Lipinski definition) is 1. The highest BCUT2D eigenvalue weighted by atomic mass is 16.5. The van der Waals surface area contributed by atoms with Gasteiger partial charge in [0.2, 0.25) is 0 Å². The van der Waals surface area contributed by atoms with E-state index in [-0.39, 0.29) is 17.6 Å². The molecule has 2 rings (SSSR count). The van der Waals surface area contributed by atoms with Crippen LogP contribution in [0.15, 0.2) is 54.6 Å². The number of carbonyl (C=O) groups is 2. The van der Waals surface area contributed by atoms with Crippen LogP contribution in [0.5, 0.6) is 5.75 Å². The van der Waals surface area contributed by atoms with Crippen molar-refractivity contribution < 1.29 is 19.4 Å². The van der Waals surface area contributed by atoms with E-state index in [9.17, 15) is 14.7 Å². The number of esters is 1. The van der Waals surface area contributed by atoms with Crippen LogP contribution in [-0.2, 0) is 16.0 Å². The predicted molar refractivity (Wildman–Crippen MR) is 114 cm³/mol. The summed E-state index contributed by atoms with van der Waals surface area (Å²) in [7, 11) is 0. The van der Waals surface area contributed by atoms with Crippen molar-refractivity contribution in [1.29, 1.82) is 0 Å². The molecule has 0 radical (unpaired) electrons. The fourth-order valence-electron chi connectivity index (χ4n) is 3.06. The van der Waals surface area contributed by atoms with Crippen LogP contribution in [-0.4, -0.2) is 41.1 Å². The molecule has 0 bridgehead atoms. The smallest absolute Gasteiger partial charge is 0.329 e. The zero-order chi connectivity index (χ0) is 21.1. The second-order valence-electron chi connectivity index (χ2n) is 7.13. The molecule has 1 unspecified atom stereocenters. The zero-order valence-electron chi connectivity index (χ0n) is 17.3. The summed E-state index contributed by atoms with van der Waals surface area (Å²) < 4.78 is 5.51. The van der Waals surface area contributed by atoms with E-state index in [1.165, 1.54) is 0 Å². The summed E-state index contributed by atoms with van der Waals surface area (Å²) in [6.45, 7) is 4.92. The summed E-state index contributed by atoms with van der Waals surface area (Å²) in [5.74, 6) is -0.388. The molecule has 156 valence electrons. The summed E-state index contributed by atoms with van der Waals surface area (Å²) >= 11 is 0. The van der Waals surface area contributed by atoms with Crippen molar-refractivity contribution >= 4 is 11.9 Å². The molecule has 0 heterocycles. The minimum absolute atomic E-state index is 0.166. The second kappa shape index (κ2) is 11.9. The topological polar surface area (TPSA) is 66.8 Å². The molecule has 29 heavy (non-hydrogen) atoms. The molecule has 5 nitrogen and oxygen atoms in total. The number of aromatic hydroxyl groups is 1. The molecule has 0 aliphatic carbocycles. The van der Waals surface area contributed by atoms with Gasteiger partial charge in [-0.25, -0.2) is 4.79 Å². The minimum atomic E-state index is -0.712. The second-order valence-corrected chi connectivity index (χ2v) is 7.13. The van der Waals surface area contributed by atoms with Gasteiger partial charge in [-0.05, 0) is 42.7 Å². The number of carbonyl (C=O) groups excluding carboxylic acids is 2. The quantitative estimate of drug-likeness (QED) is 0.445. The summed E-state index contributed by atoms with van der Waals surface area (Å²) in [5.41, 5.74) is 1.42. The lowest BCUT2D eigenvalue weighted by Gasteiger charge is -2.30. The van der Waals surface area contributed by atoms with Crippen LogP contribution in [0.4, 0.5) is 0 Å². The Labute approximate surface area is 173 Å². The van der Waals surface area contributed by atoms with Gasteiger partial charge in [0.25, 0.3) is 5.91 Å². The molecule has 1 amide bonds. The van der Waals surface area contributed by atoms with Crippen molar-refractivity contribution in [2.45, 2.75) is 52.0 Å². The first-order valence-corrected chi connectivity index (χ1v) is 10.4. The molecule has 2 aromatic carbocycles. The van der Waals surface area contributed by atoms with Gasteiger partial charge in [0, 0.05) is 18.5 Å². The molecule has 2 aromatic rings. The molecule has 0 fully saturated rings. The van der Waals surface area contributed by atoms with Gasteiger partial charge in [0.05, 0.1) is 6.61 Å². The highest BCUT2D eigenvalue weighted by Gasteiger charge is 2.31. The molecule has 1 N–H and O–H groups in total. The molecule has 0 spiro atoms.